The molecule has 0 bridgehead atoms. The van der Waals surface area contributed by atoms with Crippen LogP contribution in [0.4, 0.5) is 8.78 Å². The van der Waals surface area contributed by atoms with Crippen molar-refractivity contribution in [3.63, 3.8) is 0 Å². The second-order valence-electron chi connectivity index (χ2n) is 11.1. The zero-order chi connectivity index (χ0) is 25.3. The van der Waals surface area contributed by atoms with Gasteiger partial charge in [0.15, 0.2) is 11.6 Å². The summed E-state index contributed by atoms with van der Waals surface area (Å²) >= 11 is 0. The normalized spacial score (nSPS) is 24.8. The summed E-state index contributed by atoms with van der Waals surface area (Å²) in [6.07, 6.45) is 20.3. The molecule has 0 spiro atoms. The second-order valence-corrected chi connectivity index (χ2v) is 11.1. The zero-order valence-corrected chi connectivity index (χ0v) is 22.3. The molecule has 0 unspecified atom stereocenters. The number of ether oxygens (including phenoxy) is 1. The number of rotatable bonds is 10. The molecule has 2 aromatic rings. The van der Waals surface area contributed by atoms with Crippen molar-refractivity contribution in [3.8, 4) is 5.75 Å². The molecule has 3 heteroatoms. The van der Waals surface area contributed by atoms with Gasteiger partial charge in [-0.1, -0.05) is 81.9 Å². The first-order valence-electron chi connectivity index (χ1n) is 14.5. The number of halogens is 2. The Morgan fingerprint density at radius 1 is 0.750 bits per heavy atom. The second kappa shape index (κ2) is 13.4. The number of unbranched alkanes of at least 4 members (excludes halogenated alkanes) is 2. The summed E-state index contributed by atoms with van der Waals surface area (Å²) < 4.78 is 33.6. The van der Waals surface area contributed by atoms with Crippen LogP contribution in [0.2, 0.25) is 0 Å². The van der Waals surface area contributed by atoms with E-state index < -0.39 is 11.6 Å². The molecule has 2 aliphatic rings. The fourth-order valence-corrected chi connectivity index (χ4v) is 6.56. The first-order valence-corrected chi connectivity index (χ1v) is 14.5. The minimum Gasteiger partial charge on any atom is -0.491 e. The molecule has 0 aliphatic heterocycles. The summed E-state index contributed by atoms with van der Waals surface area (Å²) in [5.74, 6) is 1.73. The Hall–Kier alpha value is -2.16. The predicted octanol–water partition coefficient (Wildman–Crippen LogP) is 10.2. The van der Waals surface area contributed by atoms with E-state index in [1.807, 2.05) is 6.08 Å². The summed E-state index contributed by atoms with van der Waals surface area (Å²) in [5, 5.41) is 0. The van der Waals surface area contributed by atoms with E-state index in [1.165, 1.54) is 88.7 Å². The maximum Gasteiger partial charge on any atom is 0.201 e. The van der Waals surface area contributed by atoms with Crippen LogP contribution in [0.25, 0.3) is 12.2 Å². The Balaban J connectivity index is 1.25. The number of hydrogen-bond donors (Lipinski definition) is 0. The summed E-state index contributed by atoms with van der Waals surface area (Å²) in [5.41, 5.74) is 2.65. The monoisotopic (exact) mass is 494 g/mol. The van der Waals surface area contributed by atoms with Crippen molar-refractivity contribution < 1.29 is 13.5 Å². The molecule has 36 heavy (non-hydrogen) atoms. The van der Waals surface area contributed by atoms with Gasteiger partial charge in [0, 0.05) is 5.56 Å². The van der Waals surface area contributed by atoms with E-state index in [0.29, 0.717) is 12.5 Å². The van der Waals surface area contributed by atoms with Crippen molar-refractivity contribution in [1.82, 2.24) is 0 Å². The van der Waals surface area contributed by atoms with Gasteiger partial charge in [0.05, 0.1) is 6.61 Å². The van der Waals surface area contributed by atoms with E-state index in [9.17, 15) is 8.78 Å². The number of hydrogen-bond acceptors (Lipinski definition) is 1. The first kappa shape index (κ1) is 26.9. The summed E-state index contributed by atoms with van der Waals surface area (Å²) in [4.78, 5) is 0. The SMILES string of the molecule is CCCCCC1CCC(C2CCC(c3ccc(/C=C/c4ccc(OCC)c(F)c4F)cc3)CC2)CC1. The van der Waals surface area contributed by atoms with Gasteiger partial charge in [0.25, 0.3) is 0 Å². The highest BCUT2D eigenvalue weighted by molar-refractivity contribution is 5.70. The van der Waals surface area contributed by atoms with Crippen molar-refractivity contribution in [3.05, 3.63) is 64.7 Å². The molecule has 0 radical (unpaired) electrons. The van der Waals surface area contributed by atoms with E-state index in [-0.39, 0.29) is 11.3 Å². The molecule has 0 heterocycles. The van der Waals surface area contributed by atoms with Crippen molar-refractivity contribution in [2.45, 2.75) is 96.8 Å². The Labute approximate surface area is 217 Å². The Kier molecular flexibility index (Phi) is 10.0. The molecule has 196 valence electrons. The summed E-state index contributed by atoms with van der Waals surface area (Å²) in [6, 6.07) is 11.7. The molecule has 1 nitrogen and oxygen atoms in total. The van der Waals surface area contributed by atoms with E-state index in [1.54, 1.807) is 19.1 Å². The minimum atomic E-state index is -0.926. The standard InChI is InChI=1S/C33H44F2O/c1-3-5-6-7-24-8-13-26(14-9-24)28-18-20-29(21-19-28)27-15-10-25(11-16-27)12-17-30-22-23-31(36-4-2)33(35)32(30)34/h10-12,15-17,22-24,26,28-29H,3-9,13-14,18-21H2,1-2H3/b17-12+. The fourth-order valence-electron chi connectivity index (χ4n) is 6.56. The molecule has 0 saturated heterocycles. The molecule has 2 aromatic carbocycles. The lowest BCUT2D eigenvalue weighted by atomic mass is 9.68. The van der Waals surface area contributed by atoms with Gasteiger partial charge in [-0.3, -0.25) is 0 Å². The molecule has 2 fully saturated rings. The highest BCUT2D eigenvalue weighted by atomic mass is 19.2. The fraction of sp³-hybridized carbons (Fsp3) is 0.576. The maximum absolute atomic E-state index is 14.3. The molecule has 0 N–H and O–H groups in total. The van der Waals surface area contributed by atoms with Crippen LogP contribution in [0, 0.1) is 29.4 Å². The zero-order valence-electron chi connectivity index (χ0n) is 22.3. The quantitative estimate of drug-likeness (QED) is 0.236. The van der Waals surface area contributed by atoms with Crippen LogP contribution in [-0.2, 0) is 0 Å². The van der Waals surface area contributed by atoms with Crippen molar-refractivity contribution in [1.29, 1.82) is 0 Å². The van der Waals surface area contributed by atoms with Gasteiger partial charge in [0.1, 0.15) is 0 Å². The Morgan fingerprint density at radius 3 is 2.06 bits per heavy atom. The molecule has 2 aliphatic carbocycles. The molecule has 0 amide bonds. The summed E-state index contributed by atoms with van der Waals surface area (Å²) in [6.45, 7) is 4.36. The lowest BCUT2D eigenvalue weighted by molar-refractivity contribution is 0.155. The van der Waals surface area contributed by atoms with Crippen LogP contribution in [0.5, 0.6) is 5.75 Å². The third-order valence-electron chi connectivity index (χ3n) is 8.79. The lowest BCUT2D eigenvalue weighted by Crippen LogP contribution is -2.25. The molecule has 2 saturated carbocycles. The predicted molar refractivity (Wildman–Crippen MR) is 147 cm³/mol. The Morgan fingerprint density at radius 2 is 1.42 bits per heavy atom. The molecule has 0 atom stereocenters. The topological polar surface area (TPSA) is 9.23 Å². The van der Waals surface area contributed by atoms with Gasteiger partial charge in [-0.15, -0.1) is 0 Å². The average Bonchev–Trinajstić information content (AvgIpc) is 2.92. The van der Waals surface area contributed by atoms with Gasteiger partial charge >= 0.3 is 0 Å². The van der Waals surface area contributed by atoms with Gasteiger partial charge in [-0.25, -0.2) is 4.39 Å². The van der Waals surface area contributed by atoms with E-state index in [0.717, 1.165) is 23.3 Å². The lowest BCUT2D eigenvalue weighted by Gasteiger charge is -2.38. The van der Waals surface area contributed by atoms with E-state index in [2.05, 4.69) is 31.2 Å². The Bertz CT molecular complexity index is 964. The highest BCUT2D eigenvalue weighted by Gasteiger charge is 2.31. The third kappa shape index (κ3) is 6.99. The van der Waals surface area contributed by atoms with E-state index >= 15 is 0 Å². The third-order valence-corrected chi connectivity index (χ3v) is 8.79. The first-order chi connectivity index (χ1) is 17.6. The van der Waals surface area contributed by atoms with Crippen LogP contribution in [0.1, 0.15) is 114 Å². The van der Waals surface area contributed by atoms with Gasteiger partial charge in [-0.2, -0.15) is 4.39 Å². The van der Waals surface area contributed by atoms with Crippen molar-refractivity contribution in [2.24, 2.45) is 17.8 Å². The molecule has 4 rings (SSSR count). The van der Waals surface area contributed by atoms with E-state index in [4.69, 9.17) is 4.74 Å². The van der Waals surface area contributed by atoms with Crippen molar-refractivity contribution >= 4 is 12.2 Å². The average molecular weight is 495 g/mol. The highest BCUT2D eigenvalue weighted by Crippen LogP contribution is 2.44. The van der Waals surface area contributed by atoms with Crippen LogP contribution in [0.3, 0.4) is 0 Å². The minimum absolute atomic E-state index is 0.0404. The number of benzene rings is 2. The van der Waals surface area contributed by atoms with Crippen LogP contribution in [0.15, 0.2) is 36.4 Å². The molecular formula is C33H44F2O. The van der Waals surface area contributed by atoms with Gasteiger partial charge in [-0.05, 0) is 92.4 Å². The van der Waals surface area contributed by atoms with Gasteiger partial charge < -0.3 is 4.74 Å². The van der Waals surface area contributed by atoms with Crippen LogP contribution < -0.4 is 4.74 Å². The van der Waals surface area contributed by atoms with Crippen LogP contribution >= 0.6 is 0 Å². The molecule has 0 aromatic heterocycles. The summed E-state index contributed by atoms with van der Waals surface area (Å²) in [7, 11) is 0. The van der Waals surface area contributed by atoms with Crippen LogP contribution in [-0.4, -0.2) is 6.61 Å². The molecular weight excluding hydrogens is 450 g/mol. The smallest absolute Gasteiger partial charge is 0.201 e. The largest absolute Gasteiger partial charge is 0.491 e. The maximum atomic E-state index is 14.3. The van der Waals surface area contributed by atoms with Crippen molar-refractivity contribution in [2.75, 3.05) is 6.61 Å². The van der Waals surface area contributed by atoms with Gasteiger partial charge in [0.2, 0.25) is 5.82 Å².